The van der Waals surface area contributed by atoms with Crippen LogP contribution in [0.5, 0.6) is 0 Å². The van der Waals surface area contributed by atoms with Crippen molar-refractivity contribution in [3.63, 3.8) is 0 Å². The largest absolute Gasteiger partial charge is 0.512 e. The summed E-state index contributed by atoms with van der Waals surface area (Å²) in [5, 5.41) is 17.1. The number of hydrogen-bond donors (Lipinski definition) is 1. The predicted molar refractivity (Wildman–Crippen MR) is 55.6 cm³/mol. The molecule has 0 saturated carbocycles. The zero-order valence-corrected chi connectivity index (χ0v) is 8.31. The molecule has 4 heteroatoms. The molecule has 0 atom stereocenters. The van der Waals surface area contributed by atoms with Crippen molar-refractivity contribution in [2.45, 2.75) is 6.92 Å². The van der Waals surface area contributed by atoms with Crippen molar-refractivity contribution < 1.29 is 5.11 Å². The molecule has 0 amide bonds. The number of aromatic nitrogens is 3. The van der Waals surface area contributed by atoms with E-state index in [4.69, 9.17) is 0 Å². The Morgan fingerprint density at radius 3 is 2.79 bits per heavy atom. The summed E-state index contributed by atoms with van der Waals surface area (Å²) in [7, 11) is 1.78. The van der Waals surface area contributed by atoms with E-state index < -0.39 is 0 Å². The molecule has 0 aliphatic carbocycles. The lowest BCUT2D eigenvalue weighted by atomic mass is 10.1. The predicted octanol–water partition coefficient (Wildman–Crippen LogP) is 1.85. The lowest BCUT2D eigenvalue weighted by molar-refractivity contribution is 0.417. The van der Waals surface area contributed by atoms with Crippen LogP contribution >= 0.6 is 0 Å². The highest BCUT2D eigenvalue weighted by molar-refractivity contribution is 5.72. The van der Waals surface area contributed by atoms with Crippen LogP contribution in [0.4, 0.5) is 0 Å². The molecule has 0 saturated heterocycles. The van der Waals surface area contributed by atoms with Gasteiger partial charge in [0.05, 0.1) is 12.0 Å². The second-order valence-corrected chi connectivity index (χ2v) is 2.87. The molecule has 0 fully saturated rings. The number of allylic oxidation sites excluding steroid dienone is 5. The normalized spacial score (nSPS) is 13.0. The minimum absolute atomic E-state index is 0.212. The van der Waals surface area contributed by atoms with Gasteiger partial charge in [-0.3, -0.25) is 4.68 Å². The number of nitrogens with zero attached hydrogens (tertiary/aromatic N) is 3. The Morgan fingerprint density at radius 2 is 2.36 bits per heavy atom. The van der Waals surface area contributed by atoms with Crippen molar-refractivity contribution >= 4 is 5.57 Å². The average molecular weight is 191 g/mol. The zero-order chi connectivity index (χ0) is 10.6. The molecule has 14 heavy (non-hydrogen) atoms. The third-order valence-corrected chi connectivity index (χ3v) is 1.67. The molecule has 0 spiro atoms. The van der Waals surface area contributed by atoms with E-state index in [1.54, 1.807) is 43.1 Å². The highest BCUT2D eigenvalue weighted by Crippen LogP contribution is 2.15. The highest BCUT2D eigenvalue weighted by Gasteiger charge is 2.05. The van der Waals surface area contributed by atoms with Gasteiger partial charge in [0, 0.05) is 12.6 Å². The number of aliphatic hydroxyl groups excluding tert-OH is 1. The summed E-state index contributed by atoms with van der Waals surface area (Å²) in [6.07, 6.45) is 6.86. The van der Waals surface area contributed by atoms with Crippen molar-refractivity contribution in [1.29, 1.82) is 0 Å². The molecule has 1 heterocycles. The SMILES string of the molecule is C=C/C=C\C(=C(/C)O)c1cn(C)nn1. The van der Waals surface area contributed by atoms with Crippen molar-refractivity contribution in [3.8, 4) is 0 Å². The number of aliphatic hydroxyl groups is 1. The number of aryl methyl sites for hydroxylation is 1. The minimum Gasteiger partial charge on any atom is -0.512 e. The van der Waals surface area contributed by atoms with E-state index in [0.717, 1.165) is 0 Å². The van der Waals surface area contributed by atoms with Gasteiger partial charge in [0.2, 0.25) is 0 Å². The highest BCUT2D eigenvalue weighted by atomic mass is 16.3. The van der Waals surface area contributed by atoms with Crippen molar-refractivity contribution in [3.05, 3.63) is 42.5 Å². The first-order valence-corrected chi connectivity index (χ1v) is 4.20. The van der Waals surface area contributed by atoms with E-state index in [1.165, 1.54) is 0 Å². The molecule has 1 N–H and O–H groups in total. The average Bonchev–Trinajstić information content (AvgIpc) is 2.52. The van der Waals surface area contributed by atoms with Gasteiger partial charge >= 0.3 is 0 Å². The van der Waals surface area contributed by atoms with Gasteiger partial charge in [-0.25, -0.2) is 0 Å². The molecule has 0 aromatic carbocycles. The summed E-state index contributed by atoms with van der Waals surface area (Å²) >= 11 is 0. The third kappa shape index (κ3) is 2.32. The second-order valence-electron chi connectivity index (χ2n) is 2.87. The van der Waals surface area contributed by atoms with Gasteiger partial charge in [-0.05, 0) is 13.0 Å². The van der Waals surface area contributed by atoms with Gasteiger partial charge in [0.25, 0.3) is 0 Å². The monoisotopic (exact) mass is 191 g/mol. The Hall–Kier alpha value is -1.84. The molecule has 0 aliphatic rings. The van der Waals surface area contributed by atoms with Crippen LogP contribution in [0.3, 0.4) is 0 Å². The molecule has 0 unspecified atom stereocenters. The molecule has 0 radical (unpaired) electrons. The molecular formula is C10H13N3O. The Morgan fingerprint density at radius 1 is 1.64 bits per heavy atom. The quantitative estimate of drug-likeness (QED) is 0.586. The summed E-state index contributed by atoms with van der Waals surface area (Å²) in [5.41, 5.74) is 1.30. The lowest BCUT2D eigenvalue weighted by Crippen LogP contribution is -1.86. The standard InChI is InChI=1S/C10H13N3O/c1-4-5-6-9(8(2)14)10-7-13(3)12-11-10/h4-7,14H,1H2,2-3H3/b6-5-,9-8-. The summed E-state index contributed by atoms with van der Waals surface area (Å²) in [4.78, 5) is 0. The maximum atomic E-state index is 9.42. The maximum absolute atomic E-state index is 9.42. The van der Waals surface area contributed by atoms with E-state index in [0.29, 0.717) is 11.3 Å². The van der Waals surface area contributed by atoms with Gasteiger partial charge in [-0.1, -0.05) is 23.9 Å². The maximum Gasteiger partial charge on any atom is 0.116 e. The Kier molecular flexibility index (Phi) is 3.23. The summed E-state index contributed by atoms with van der Waals surface area (Å²) in [5.74, 6) is 0.212. The van der Waals surface area contributed by atoms with Gasteiger partial charge in [-0.15, -0.1) is 5.10 Å². The van der Waals surface area contributed by atoms with E-state index in [1.807, 2.05) is 0 Å². The van der Waals surface area contributed by atoms with Crippen LogP contribution in [-0.2, 0) is 7.05 Å². The van der Waals surface area contributed by atoms with Crippen LogP contribution in [0.1, 0.15) is 12.6 Å². The van der Waals surface area contributed by atoms with Crippen LogP contribution in [-0.4, -0.2) is 20.1 Å². The first-order valence-electron chi connectivity index (χ1n) is 4.20. The van der Waals surface area contributed by atoms with Crippen LogP contribution in [0.25, 0.3) is 5.57 Å². The van der Waals surface area contributed by atoms with Gasteiger partial charge < -0.3 is 5.11 Å². The Labute approximate surface area is 82.9 Å². The van der Waals surface area contributed by atoms with E-state index in [2.05, 4.69) is 16.9 Å². The smallest absolute Gasteiger partial charge is 0.116 e. The minimum atomic E-state index is 0.212. The van der Waals surface area contributed by atoms with Crippen LogP contribution in [0.2, 0.25) is 0 Å². The van der Waals surface area contributed by atoms with Crippen molar-refractivity contribution in [1.82, 2.24) is 15.0 Å². The van der Waals surface area contributed by atoms with Gasteiger partial charge in [-0.2, -0.15) is 0 Å². The van der Waals surface area contributed by atoms with Gasteiger partial charge in [0.1, 0.15) is 5.69 Å². The molecule has 74 valence electrons. The van der Waals surface area contributed by atoms with Crippen molar-refractivity contribution in [2.75, 3.05) is 0 Å². The molecule has 0 aliphatic heterocycles. The fraction of sp³-hybridized carbons (Fsp3) is 0.200. The Bertz CT molecular complexity index is 384. The zero-order valence-electron chi connectivity index (χ0n) is 8.31. The molecule has 1 rings (SSSR count). The Balaban J connectivity index is 3.08. The van der Waals surface area contributed by atoms with Crippen LogP contribution in [0, 0.1) is 0 Å². The first-order chi connectivity index (χ1) is 6.65. The van der Waals surface area contributed by atoms with Crippen LogP contribution in [0.15, 0.2) is 36.8 Å². The summed E-state index contributed by atoms with van der Waals surface area (Å²) < 4.78 is 1.58. The molecule has 0 bridgehead atoms. The van der Waals surface area contributed by atoms with E-state index in [-0.39, 0.29) is 5.76 Å². The van der Waals surface area contributed by atoms with Gasteiger partial charge in [0.15, 0.2) is 0 Å². The lowest BCUT2D eigenvalue weighted by Gasteiger charge is -1.97. The summed E-state index contributed by atoms with van der Waals surface area (Å²) in [6.45, 7) is 5.17. The molecular weight excluding hydrogens is 178 g/mol. The molecule has 1 aromatic rings. The van der Waals surface area contributed by atoms with E-state index >= 15 is 0 Å². The second kappa shape index (κ2) is 4.41. The molecule has 4 nitrogen and oxygen atoms in total. The fourth-order valence-electron chi connectivity index (χ4n) is 1.03. The summed E-state index contributed by atoms with van der Waals surface area (Å²) in [6, 6.07) is 0. The fourth-order valence-corrected chi connectivity index (χ4v) is 1.03. The first kappa shape index (κ1) is 10.2. The number of rotatable bonds is 3. The van der Waals surface area contributed by atoms with E-state index in [9.17, 15) is 5.11 Å². The number of hydrogen-bond acceptors (Lipinski definition) is 3. The third-order valence-electron chi connectivity index (χ3n) is 1.67. The van der Waals surface area contributed by atoms with Crippen LogP contribution < -0.4 is 0 Å². The molecule has 1 aromatic heterocycles. The topological polar surface area (TPSA) is 50.9 Å². The van der Waals surface area contributed by atoms with Crippen molar-refractivity contribution in [2.24, 2.45) is 7.05 Å².